The smallest absolute Gasteiger partial charge is 0.312 e. The minimum Gasteiger partial charge on any atom is -0.385 e. The number of alkyl halides is 2. The summed E-state index contributed by atoms with van der Waals surface area (Å²) in [5.41, 5.74) is 1.67. The number of hydrogen-bond acceptors (Lipinski definition) is 7. The molecule has 1 aliphatic heterocycles. The largest absolute Gasteiger partial charge is 0.385 e. The van der Waals surface area contributed by atoms with Crippen molar-refractivity contribution < 1.29 is 13.5 Å². The highest BCUT2D eigenvalue weighted by atomic mass is 32.1. The van der Waals surface area contributed by atoms with Crippen LogP contribution in [0.5, 0.6) is 0 Å². The molecule has 1 aromatic heterocycles. The van der Waals surface area contributed by atoms with Crippen molar-refractivity contribution >= 4 is 22.9 Å². The van der Waals surface area contributed by atoms with Gasteiger partial charge in [0.1, 0.15) is 0 Å². The zero-order chi connectivity index (χ0) is 17.4. The predicted octanol–water partition coefficient (Wildman–Crippen LogP) is 2.52. The number of amidine groups is 1. The molecule has 3 N–H and O–H groups in total. The first-order valence-electron chi connectivity index (χ1n) is 7.33. The second-order valence-electron chi connectivity index (χ2n) is 4.89. The van der Waals surface area contributed by atoms with E-state index in [1.54, 1.807) is 13.3 Å². The number of halogens is 2. The van der Waals surface area contributed by atoms with Crippen LogP contribution in [-0.4, -0.2) is 43.3 Å². The molecule has 0 amide bonds. The number of aromatic nitrogens is 1. The van der Waals surface area contributed by atoms with Gasteiger partial charge in [-0.2, -0.15) is 8.78 Å². The Morgan fingerprint density at radius 3 is 3.08 bits per heavy atom. The van der Waals surface area contributed by atoms with Gasteiger partial charge in [-0.15, -0.1) is 11.3 Å². The SMILES string of the molecule is COCCCC1=C(C(=N)/C=C\NC(F)F)CN=C(c2nccs2)N1. The van der Waals surface area contributed by atoms with E-state index in [1.807, 2.05) is 10.7 Å². The summed E-state index contributed by atoms with van der Waals surface area (Å²) in [5, 5.41) is 15.8. The third-order valence-corrected chi connectivity index (χ3v) is 4.02. The summed E-state index contributed by atoms with van der Waals surface area (Å²) >= 11 is 1.47. The van der Waals surface area contributed by atoms with Crippen molar-refractivity contribution in [2.45, 2.75) is 19.4 Å². The Balaban J connectivity index is 2.12. The van der Waals surface area contributed by atoms with Crippen LogP contribution in [0.1, 0.15) is 17.8 Å². The van der Waals surface area contributed by atoms with Gasteiger partial charge in [0, 0.05) is 42.8 Å². The molecule has 24 heavy (non-hydrogen) atoms. The van der Waals surface area contributed by atoms with Crippen LogP contribution in [0.4, 0.5) is 8.78 Å². The van der Waals surface area contributed by atoms with Gasteiger partial charge in [-0.1, -0.05) is 0 Å². The van der Waals surface area contributed by atoms with E-state index in [0.29, 0.717) is 31.0 Å². The van der Waals surface area contributed by atoms with Crippen molar-refractivity contribution in [1.82, 2.24) is 15.6 Å². The number of ether oxygens (including phenoxy) is 1. The van der Waals surface area contributed by atoms with Crippen molar-refractivity contribution in [3.05, 3.63) is 40.1 Å². The average Bonchev–Trinajstić information content (AvgIpc) is 3.09. The van der Waals surface area contributed by atoms with Crippen LogP contribution in [0.15, 0.2) is 40.1 Å². The molecule has 0 atom stereocenters. The molecule has 0 aromatic carbocycles. The molecule has 0 saturated heterocycles. The highest BCUT2D eigenvalue weighted by Gasteiger charge is 2.19. The Labute approximate surface area is 142 Å². The maximum Gasteiger partial charge on any atom is 0.312 e. The van der Waals surface area contributed by atoms with Gasteiger partial charge in [-0.25, -0.2) is 4.98 Å². The van der Waals surface area contributed by atoms with E-state index in [2.05, 4.69) is 15.3 Å². The number of hydrogen-bond donors (Lipinski definition) is 3. The molecule has 0 saturated carbocycles. The maximum absolute atomic E-state index is 12.1. The van der Waals surface area contributed by atoms with E-state index in [4.69, 9.17) is 10.1 Å². The van der Waals surface area contributed by atoms with Crippen LogP contribution in [0.3, 0.4) is 0 Å². The van der Waals surface area contributed by atoms with Gasteiger partial charge < -0.3 is 20.8 Å². The first kappa shape index (κ1) is 18.2. The standard InChI is InChI=1S/C15H19F2N5OS/c1-23-7-2-3-12-10(11(18)4-5-20-15(16)17)9-21-13(22-12)14-19-6-8-24-14/h4-6,8,15,18,20H,2-3,7,9H2,1H3,(H,21,22)/b5-4-,18-11?. The molecule has 2 rings (SSSR count). The fourth-order valence-electron chi connectivity index (χ4n) is 2.13. The molecule has 0 spiro atoms. The molecule has 1 aliphatic rings. The van der Waals surface area contributed by atoms with Crippen molar-refractivity contribution in [3.63, 3.8) is 0 Å². The summed E-state index contributed by atoms with van der Waals surface area (Å²) in [4.78, 5) is 8.64. The number of allylic oxidation sites excluding steroid dienone is 2. The summed E-state index contributed by atoms with van der Waals surface area (Å²) in [7, 11) is 1.63. The van der Waals surface area contributed by atoms with Crippen LogP contribution >= 0.6 is 11.3 Å². The summed E-state index contributed by atoms with van der Waals surface area (Å²) in [5.74, 6) is 0.670. The molecule has 130 valence electrons. The minimum absolute atomic E-state index is 0.144. The molecular formula is C15H19F2N5OS. The number of methoxy groups -OCH3 is 1. The van der Waals surface area contributed by atoms with E-state index in [0.717, 1.165) is 23.3 Å². The Morgan fingerprint density at radius 1 is 1.58 bits per heavy atom. The molecule has 9 heteroatoms. The van der Waals surface area contributed by atoms with Gasteiger partial charge in [0.15, 0.2) is 10.8 Å². The number of nitrogens with zero attached hydrogens (tertiary/aromatic N) is 2. The Kier molecular flexibility index (Phi) is 7.01. The molecule has 0 bridgehead atoms. The molecule has 2 heterocycles. The van der Waals surface area contributed by atoms with Gasteiger partial charge in [0.25, 0.3) is 0 Å². The van der Waals surface area contributed by atoms with E-state index >= 15 is 0 Å². The lowest BCUT2D eigenvalue weighted by atomic mass is 10.0. The highest BCUT2D eigenvalue weighted by Crippen LogP contribution is 2.18. The van der Waals surface area contributed by atoms with Crippen molar-refractivity contribution in [2.75, 3.05) is 20.3 Å². The van der Waals surface area contributed by atoms with E-state index in [1.165, 1.54) is 17.4 Å². The summed E-state index contributed by atoms with van der Waals surface area (Å²) in [6.07, 6.45) is 5.54. The van der Waals surface area contributed by atoms with Crippen molar-refractivity contribution in [2.24, 2.45) is 4.99 Å². The summed E-state index contributed by atoms with van der Waals surface area (Å²) in [6, 6.07) is 0. The zero-order valence-corrected chi connectivity index (χ0v) is 14.0. The molecule has 6 nitrogen and oxygen atoms in total. The summed E-state index contributed by atoms with van der Waals surface area (Å²) < 4.78 is 29.3. The molecule has 1 aromatic rings. The van der Waals surface area contributed by atoms with Crippen molar-refractivity contribution in [1.29, 1.82) is 5.41 Å². The quantitative estimate of drug-likeness (QED) is 0.361. The number of thiazole rings is 1. The third kappa shape index (κ3) is 5.20. The van der Waals surface area contributed by atoms with Crippen LogP contribution in [-0.2, 0) is 4.74 Å². The van der Waals surface area contributed by atoms with Gasteiger partial charge in [0.2, 0.25) is 0 Å². The molecule has 0 fully saturated rings. The molecular weight excluding hydrogens is 336 g/mol. The molecule has 0 radical (unpaired) electrons. The monoisotopic (exact) mass is 355 g/mol. The maximum atomic E-state index is 12.1. The van der Waals surface area contributed by atoms with Gasteiger partial charge >= 0.3 is 6.55 Å². The third-order valence-electron chi connectivity index (χ3n) is 3.24. The van der Waals surface area contributed by atoms with Gasteiger partial charge in [0.05, 0.1) is 12.3 Å². The van der Waals surface area contributed by atoms with E-state index in [-0.39, 0.29) is 5.71 Å². The van der Waals surface area contributed by atoms with Gasteiger partial charge in [-0.3, -0.25) is 4.99 Å². The highest BCUT2D eigenvalue weighted by molar-refractivity contribution is 7.11. The zero-order valence-electron chi connectivity index (χ0n) is 13.2. The fraction of sp³-hybridized carbons (Fsp3) is 0.400. The lowest BCUT2D eigenvalue weighted by Gasteiger charge is -2.21. The average molecular weight is 355 g/mol. The second-order valence-corrected chi connectivity index (χ2v) is 5.79. The summed E-state index contributed by atoms with van der Waals surface area (Å²) in [6.45, 7) is -1.75. The predicted molar refractivity (Wildman–Crippen MR) is 90.8 cm³/mol. The Hall–Kier alpha value is -2.13. The number of nitrogens with one attached hydrogen (secondary N) is 3. The number of aliphatic imine (C=N–C) groups is 1. The number of rotatable bonds is 9. The Bertz CT molecular complexity index is 640. The van der Waals surface area contributed by atoms with E-state index < -0.39 is 6.55 Å². The molecule has 0 aliphatic carbocycles. The molecule has 0 unspecified atom stereocenters. The first-order valence-corrected chi connectivity index (χ1v) is 8.21. The Morgan fingerprint density at radius 2 is 2.42 bits per heavy atom. The lowest BCUT2D eigenvalue weighted by molar-refractivity contribution is 0.125. The van der Waals surface area contributed by atoms with Crippen LogP contribution in [0, 0.1) is 5.41 Å². The minimum atomic E-state index is -2.65. The second kappa shape index (κ2) is 9.24. The van der Waals surface area contributed by atoms with Crippen LogP contribution in [0.25, 0.3) is 0 Å². The lowest BCUT2D eigenvalue weighted by Crippen LogP contribution is -2.31. The normalized spacial score (nSPS) is 14.9. The first-order chi connectivity index (χ1) is 11.6. The fourth-order valence-corrected chi connectivity index (χ4v) is 2.73. The van der Waals surface area contributed by atoms with Crippen LogP contribution in [0.2, 0.25) is 0 Å². The van der Waals surface area contributed by atoms with Gasteiger partial charge in [-0.05, 0) is 18.9 Å². The van der Waals surface area contributed by atoms with E-state index in [9.17, 15) is 8.78 Å². The van der Waals surface area contributed by atoms with Crippen molar-refractivity contribution in [3.8, 4) is 0 Å². The van der Waals surface area contributed by atoms with Crippen LogP contribution < -0.4 is 10.6 Å². The topological polar surface area (TPSA) is 82.4 Å².